The standard InChI is InChI=1S/C26H36O8Si/c1-25(2,3)35(18-12-8-6-9-13-18,19-14-10-7-11-15-19)34-21(17-27)22(29)23-20(28)16-26(32-5,33-23)24(30)31-4/h6-15,20-23,27-29H,16-17H2,1-5H3/t20-,21+,22+,23+,26?/m0/s1. The molecule has 1 saturated heterocycles. The summed E-state index contributed by atoms with van der Waals surface area (Å²) < 4.78 is 22.6. The number of ether oxygens (including phenoxy) is 3. The highest BCUT2D eigenvalue weighted by Gasteiger charge is 2.58. The first kappa shape index (κ1) is 27.5. The Hall–Kier alpha value is -2.11. The Bertz CT molecular complexity index is 925. The molecule has 0 radical (unpaired) electrons. The monoisotopic (exact) mass is 504 g/mol. The summed E-state index contributed by atoms with van der Waals surface area (Å²) in [6.07, 6.45) is -5.30. The molecule has 192 valence electrons. The predicted molar refractivity (Wildman–Crippen MR) is 133 cm³/mol. The molecule has 3 rings (SSSR count). The van der Waals surface area contributed by atoms with Crippen LogP contribution in [0.3, 0.4) is 0 Å². The van der Waals surface area contributed by atoms with E-state index < -0.39 is 56.1 Å². The van der Waals surface area contributed by atoms with Crippen LogP contribution in [0.2, 0.25) is 5.04 Å². The minimum absolute atomic E-state index is 0.227. The maximum absolute atomic E-state index is 12.3. The first-order valence-electron chi connectivity index (χ1n) is 11.6. The van der Waals surface area contributed by atoms with E-state index >= 15 is 0 Å². The van der Waals surface area contributed by atoms with Gasteiger partial charge in [0.2, 0.25) is 0 Å². The van der Waals surface area contributed by atoms with Crippen molar-refractivity contribution in [2.75, 3.05) is 20.8 Å². The summed E-state index contributed by atoms with van der Waals surface area (Å²) in [4.78, 5) is 12.3. The van der Waals surface area contributed by atoms with Crippen LogP contribution in [0.1, 0.15) is 27.2 Å². The largest absolute Gasteiger partial charge is 0.465 e. The lowest BCUT2D eigenvalue weighted by atomic mass is 10.0. The molecule has 1 aliphatic rings. The van der Waals surface area contributed by atoms with Gasteiger partial charge in [0, 0.05) is 13.5 Å². The van der Waals surface area contributed by atoms with Gasteiger partial charge in [0.05, 0.1) is 25.9 Å². The van der Waals surface area contributed by atoms with Gasteiger partial charge in [0.1, 0.15) is 12.2 Å². The molecule has 1 aliphatic heterocycles. The SMILES string of the molecule is COC(=O)C1(OC)C[C@H](O)[C@H]([C@H](O)[C@@H](CO)O[Si](c2ccccc2)(c2ccccc2)C(C)(C)C)O1. The highest BCUT2D eigenvalue weighted by Crippen LogP contribution is 2.40. The molecule has 0 amide bonds. The number of methoxy groups -OCH3 is 2. The second kappa shape index (κ2) is 10.9. The molecule has 5 atom stereocenters. The highest BCUT2D eigenvalue weighted by molar-refractivity contribution is 6.99. The average Bonchev–Trinajstić information content (AvgIpc) is 3.22. The van der Waals surface area contributed by atoms with Gasteiger partial charge in [0.15, 0.2) is 0 Å². The highest BCUT2D eigenvalue weighted by atomic mass is 28.4. The van der Waals surface area contributed by atoms with Crippen molar-refractivity contribution in [2.45, 2.75) is 62.4 Å². The number of rotatable bonds is 9. The third kappa shape index (κ3) is 5.08. The van der Waals surface area contributed by atoms with Gasteiger partial charge in [-0.2, -0.15) is 0 Å². The fraction of sp³-hybridized carbons (Fsp3) is 0.500. The van der Waals surface area contributed by atoms with Crippen LogP contribution in [0.5, 0.6) is 0 Å². The second-order valence-electron chi connectivity index (χ2n) is 9.80. The third-order valence-corrected chi connectivity index (χ3v) is 11.7. The van der Waals surface area contributed by atoms with E-state index in [1.807, 2.05) is 60.7 Å². The van der Waals surface area contributed by atoms with Crippen LogP contribution < -0.4 is 10.4 Å². The van der Waals surface area contributed by atoms with Crippen LogP contribution in [0, 0.1) is 0 Å². The molecule has 2 aromatic rings. The zero-order valence-electron chi connectivity index (χ0n) is 20.9. The molecule has 1 heterocycles. The molecule has 35 heavy (non-hydrogen) atoms. The van der Waals surface area contributed by atoms with E-state index in [1.165, 1.54) is 14.2 Å². The molecule has 1 unspecified atom stereocenters. The minimum Gasteiger partial charge on any atom is -0.465 e. The number of hydrogen-bond donors (Lipinski definition) is 3. The molecule has 3 N–H and O–H groups in total. The molecular formula is C26H36O8Si. The first-order chi connectivity index (χ1) is 16.6. The van der Waals surface area contributed by atoms with Crippen LogP contribution >= 0.6 is 0 Å². The van der Waals surface area contributed by atoms with Gasteiger partial charge in [-0.15, -0.1) is 0 Å². The lowest BCUT2D eigenvalue weighted by Crippen LogP contribution is -2.69. The number of carbonyl (C=O) groups is 1. The lowest BCUT2D eigenvalue weighted by molar-refractivity contribution is -0.242. The summed E-state index contributed by atoms with van der Waals surface area (Å²) >= 11 is 0. The van der Waals surface area contributed by atoms with E-state index in [0.29, 0.717) is 0 Å². The van der Waals surface area contributed by atoms with Crippen LogP contribution in [0.4, 0.5) is 0 Å². The van der Waals surface area contributed by atoms with E-state index in [1.54, 1.807) is 0 Å². The number of aliphatic hydroxyl groups excluding tert-OH is 3. The van der Waals surface area contributed by atoms with Crippen molar-refractivity contribution in [1.82, 2.24) is 0 Å². The molecule has 0 bridgehead atoms. The van der Waals surface area contributed by atoms with Gasteiger partial charge >= 0.3 is 5.97 Å². The molecule has 0 saturated carbocycles. The summed E-state index contributed by atoms with van der Waals surface area (Å²) in [5, 5.41) is 34.0. The summed E-state index contributed by atoms with van der Waals surface area (Å²) in [7, 11) is -0.671. The Morgan fingerprint density at radius 3 is 2.00 bits per heavy atom. The van der Waals surface area contributed by atoms with Crippen molar-refractivity contribution < 1.29 is 38.8 Å². The van der Waals surface area contributed by atoms with Gasteiger partial charge in [-0.3, -0.25) is 0 Å². The fourth-order valence-electron chi connectivity index (χ4n) is 4.88. The van der Waals surface area contributed by atoms with E-state index in [2.05, 4.69) is 20.8 Å². The number of benzene rings is 2. The second-order valence-corrected chi connectivity index (χ2v) is 14.0. The molecule has 9 heteroatoms. The number of carbonyl (C=O) groups excluding carboxylic acids is 1. The molecule has 0 spiro atoms. The van der Waals surface area contributed by atoms with Crippen LogP contribution in [0.15, 0.2) is 60.7 Å². The van der Waals surface area contributed by atoms with Gasteiger partial charge in [0.25, 0.3) is 14.1 Å². The topological polar surface area (TPSA) is 115 Å². The van der Waals surface area contributed by atoms with Crippen LogP contribution in [0.25, 0.3) is 0 Å². The molecular weight excluding hydrogens is 468 g/mol. The first-order valence-corrected chi connectivity index (χ1v) is 13.5. The Labute approximate surface area is 207 Å². The van der Waals surface area contributed by atoms with E-state index in [0.717, 1.165) is 10.4 Å². The lowest BCUT2D eigenvalue weighted by Gasteiger charge is -2.46. The molecule has 0 aromatic heterocycles. The Morgan fingerprint density at radius 2 is 1.60 bits per heavy atom. The van der Waals surface area contributed by atoms with Crippen molar-refractivity contribution in [3.8, 4) is 0 Å². The maximum Gasteiger partial charge on any atom is 0.366 e. The Kier molecular flexibility index (Phi) is 8.54. The summed E-state index contributed by atoms with van der Waals surface area (Å²) in [5.74, 6) is -2.67. The van der Waals surface area contributed by atoms with E-state index in [9.17, 15) is 20.1 Å². The predicted octanol–water partition coefficient (Wildman–Crippen LogP) is 0.950. The number of hydrogen-bond acceptors (Lipinski definition) is 8. The van der Waals surface area contributed by atoms with Crippen molar-refractivity contribution >= 4 is 24.7 Å². The minimum atomic E-state index is -3.12. The summed E-state index contributed by atoms with van der Waals surface area (Å²) in [6, 6.07) is 19.6. The quantitative estimate of drug-likeness (QED) is 0.342. The number of aliphatic hydroxyl groups is 3. The van der Waals surface area contributed by atoms with Crippen molar-refractivity contribution in [3.05, 3.63) is 60.7 Å². The maximum atomic E-state index is 12.3. The summed E-state index contributed by atoms with van der Waals surface area (Å²) in [5.41, 5.74) is 0. The van der Waals surface area contributed by atoms with Gasteiger partial charge in [-0.05, 0) is 15.4 Å². The fourth-order valence-corrected chi connectivity index (χ4v) is 9.56. The zero-order chi connectivity index (χ0) is 25.9. The van der Waals surface area contributed by atoms with Gasteiger partial charge in [-0.1, -0.05) is 81.4 Å². The smallest absolute Gasteiger partial charge is 0.366 e. The molecule has 8 nitrogen and oxygen atoms in total. The Morgan fingerprint density at radius 1 is 1.09 bits per heavy atom. The van der Waals surface area contributed by atoms with Crippen molar-refractivity contribution in [2.24, 2.45) is 0 Å². The molecule has 1 fully saturated rings. The van der Waals surface area contributed by atoms with Crippen LogP contribution in [-0.2, 0) is 23.4 Å². The third-order valence-electron chi connectivity index (χ3n) is 6.65. The van der Waals surface area contributed by atoms with Gasteiger partial charge in [-0.25, -0.2) is 4.79 Å². The van der Waals surface area contributed by atoms with Crippen LogP contribution in [-0.4, -0.2) is 80.6 Å². The van der Waals surface area contributed by atoms with Crippen molar-refractivity contribution in [1.29, 1.82) is 0 Å². The average molecular weight is 505 g/mol. The number of esters is 1. The van der Waals surface area contributed by atoms with Crippen molar-refractivity contribution in [3.63, 3.8) is 0 Å². The Balaban J connectivity index is 2.04. The van der Waals surface area contributed by atoms with E-state index in [4.69, 9.17) is 18.6 Å². The molecule has 0 aliphatic carbocycles. The zero-order valence-corrected chi connectivity index (χ0v) is 21.9. The summed E-state index contributed by atoms with van der Waals surface area (Å²) in [6.45, 7) is 5.70. The molecule has 2 aromatic carbocycles. The normalized spacial score (nSPS) is 24.7. The van der Waals surface area contributed by atoms with Gasteiger partial charge < -0.3 is 34.0 Å². The van der Waals surface area contributed by atoms with E-state index in [-0.39, 0.29) is 6.42 Å².